The molecule has 1 aliphatic heterocycles. The highest BCUT2D eigenvalue weighted by molar-refractivity contribution is 7.09. The molecule has 3 nitrogen and oxygen atoms in total. The Balaban J connectivity index is 2.06. The second-order valence-corrected chi connectivity index (χ2v) is 5.29. The molecule has 0 aromatic carbocycles. The van der Waals surface area contributed by atoms with Crippen molar-refractivity contribution in [1.29, 1.82) is 0 Å². The molecule has 82 valence electrons. The quantitative estimate of drug-likeness (QED) is 0.733. The van der Waals surface area contributed by atoms with E-state index in [2.05, 4.69) is 11.9 Å². The predicted molar refractivity (Wildman–Crippen MR) is 61.2 cm³/mol. The molecule has 0 spiro atoms. The van der Waals surface area contributed by atoms with Crippen LogP contribution in [0.1, 0.15) is 35.1 Å². The van der Waals surface area contributed by atoms with E-state index in [9.17, 15) is 4.79 Å². The van der Waals surface area contributed by atoms with Crippen LogP contribution in [-0.4, -0.2) is 28.9 Å². The molecule has 0 unspecified atom stereocenters. The minimum Gasteiger partial charge on any atom is -0.337 e. The molecule has 0 atom stereocenters. The van der Waals surface area contributed by atoms with E-state index in [0.29, 0.717) is 5.69 Å². The minimum absolute atomic E-state index is 0.112. The average Bonchev–Trinajstić information content (AvgIpc) is 2.65. The molecule has 1 aliphatic rings. The van der Waals surface area contributed by atoms with Gasteiger partial charge < -0.3 is 4.90 Å². The van der Waals surface area contributed by atoms with Crippen molar-refractivity contribution in [3.8, 4) is 0 Å². The third-order valence-corrected chi connectivity index (χ3v) is 3.78. The van der Waals surface area contributed by atoms with Gasteiger partial charge in [-0.15, -0.1) is 11.3 Å². The maximum Gasteiger partial charge on any atom is 0.273 e. The van der Waals surface area contributed by atoms with Gasteiger partial charge in [0, 0.05) is 18.0 Å². The molecule has 0 radical (unpaired) electrons. The van der Waals surface area contributed by atoms with Gasteiger partial charge in [-0.05, 0) is 25.7 Å². The van der Waals surface area contributed by atoms with Gasteiger partial charge in [0.1, 0.15) is 5.69 Å². The van der Waals surface area contributed by atoms with Crippen molar-refractivity contribution in [2.75, 3.05) is 13.1 Å². The number of hydrogen-bond donors (Lipinski definition) is 0. The van der Waals surface area contributed by atoms with E-state index in [0.717, 1.165) is 36.7 Å². The number of hydrogen-bond acceptors (Lipinski definition) is 3. The third kappa shape index (κ3) is 2.20. The SMILES string of the molecule is Cc1scnc1C(=O)N1CCC(C)CC1. The monoisotopic (exact) mass is 224 g/mol. The van der Waals surface area contributed by atoms with Gasteiger partial charge in [0.05, 0.1) is 5.51 Å². The molecular weight excluding hydrogens is 208 g/mol. The van der Waals surface area contributed by atoms with Gasteiger partial charge in [-0.25, -0.2) is 4.98 Å². The van der Waals surface area contributed by atoms with Crippen molar-refractivity contribution in [1.82, 2.24) is 9.88 Å². The Labute approximate surface area is 94.1 Å². The maximum atomic E-state index is 12.1. The van der Waals surface area contributed by atoms with Crippen LogP contribution >= 0.6 is 11.3 Å². The van der Waals surface area contributed by atoms with Gasteiger partial charge in [0.25, 0.3) is 5.91 Å². The normalized spacial score (nSPS) is 18.1. The lowest BCUT2D eigenvalue weighted by atomic mass is 9.99. The number of aromatic nitrogens is 1. The number of piperidine rings is 1. The number of likely N-dealkylation sites (tertiary alicyclic amines) is 1. The summed E-state index contributed by atoms with van der Waals surface area (Å²) in [4.78, 5) is 19.2. The van der Waals surface area contributed by atoms with Crippen LogP contribution in [-0.2, 0) is 0 Å². The third-order valence-electron chi connectivity index (χ3n) is 3.02. The molecular formula is C11H16N2OS. The van der Waals surface area contributed by atoms with Crippen molar-refractivity contribution in [3.63, 3.8) is 0 Å². The highest BCUT2D eigenvalue weighted by atomic mass is 32.1. The van der Waals surface area contributed by atoms with Crippen LogP contribution in [0.2, 0.25) is 0 Å². The first kappa shape index (κ1) is 10.6. The summed E-state index contributed by atoms with van der Waals surface area (Å²) in [5, 5.41) is 0. The Morgan fingerprint density at radius 3 is 2.73 bits per heavy atom. The topological polar surface area (TPSA) is 33.2 Å². The summed E-state index contributed by atoms with van der Waals surface area (Å²) in [5.41, 5.74) is 2.39. The molecule has 15 heavy (non-hydrogen) atoms. The van der Waals surface area contributed by atoms with Gasteiger partial charge in [0.15, 0.2) is 0 Å². The van der Waals surface area contributed by atoms with Gasteiger partial charge in [-0.3, -0.25) is 4.79 Å². The summed E-state index contributed by atoms with van der Waals surface area (Å²) < 4.78 is 0. The Morgan fingerprint density at radius 1 is 1.53 bits per heavy atom. The minimum atomic E-state index is 0.112. The standard InChI is InChI=1S/C11H16N2OS/c1-8-3-5-13(6-4-8)11(14)10-9(2)15-7-12-10/h7-8H,3-6H2,1-2H3. The van der Waals surface area contributed by atoms with Gasteiger partial charge >= 0.3 is 0 Å². The lowest BCUT2D eigenvalue weighted by molar-refractivity contribution is 0.0691. The number of carbonyl (C=O) groups excluding carboxylic acids is 1. The number of thiazole rings is 1. The first-order valence-corrected chi connectivity index (χ1v) is 6.26. The fourth-order valence-electron chi connectivity index (χ4n) is 1.87. The summed E-state index contributed by atoms with van der Waals surface area (Å²) in [6.45, 7) is 5.97. The number of aryl methyl sites for hydroxylation is 1. The van der Waals surface area contributed by atoms with E-state index in [1.165, 1.54) is 11.3 Å². The smallest absolute Gasteiger partial charge is 0.273 e. The van der Waals surface area contributed by atoms with E-state index < -0.39 is 0 Å². The van der Waals surface area contributed by atoms with Crippen molar-refractivity contribution < 1.29 is 4.79 Å². The van der Waals surface area contributed by atoms with Crippen LogP contribution in [0.15, 0.2) is 5.51 Å². The van der Waals surface area contributed by atoms with Gasteiger partial charge in [-0.2, -0.15) is 0 Å². The van der Waals surface area contributed by atoms with Crippen LogP contribution in [0, 0.1) is 12.8 Å². The molecule has 1 amide bonds. The molecule has 1 aromatic rings. The molecule has 0 aliphatic carbocycles. The predicted octanol–water partition coefficient (Wildman–Crippen LogP) is 2.32. The largest absolute Gasteiger partial charge is 0.337 e. The van der Waals surface area contributed by atoms with Crippen molar-refractivity contribution in [2.24, 2.45) is 5.92 Å². The molecule has 1 fully saturated rings. The lowest BCUT2D eigenvalue weighted by Crippen LogP contribution is -2.38. The molecule has 0 bridgehead atoms. The van der Waals surface area contributed by atoms with E-state index in [4.69, 9.17) is 0 Å². The highest BCUT2D eigenvalue weighted by Gasteiger charge is 2.23. The fraction of sp³-hybridized carbons (Fsp3) is 0.636. The highest BCUT2D eigenvalue weighted by Crippen LogP contribution is 2.20. The van der Waals surface area contributed by atoms with Crippen LogP contribution in [0.4, 0.5) is 0 Å². The Morgan fingerprint density at radius 2 is 2.20 bits per heavy atom. The van der Waals surface area contributed by atoms with Gasteiger partial charge in [0.2, 0.25) is 0 Å². The average molecular weight is 224 g/mol. The van der Waals surface area contributed by atoms with Crippen LogP contribution in [0.5, 0.6) is 0 Å². The van der Waals surface area contributed by atoms with Crippen LogP contribution in [0.3, 0.4) is 0 Å². The number of nitrogens with zero attached hydrogens (tertiary/aromatic N) is 2. The lowest BCUT2D eigenvalue weighted by Gasteiger charge is -2.29. The first-order chi connectivity index (χ1) is 7.18. The Bertz CT molecular complexity index is 353. The van der Waals surface area contributed by atoms with Crippen LogP contribution in [0.25, 0.3) is 0 Å². The second kappa shape index (κ2) is 4.31. The summed E-state index contributed by atoms with van der Waals surface area (Å²) >= 11 is 1.54. The molecule has 1 saturated heterocycles. The summed E-state index contributed by atoms with van der Waals surface area (Å²) in [5.74, 6) is 0.867. The Kier molecular flexibility index (Phi) is 3.05. The van der Waals surface area contributed by atoms with E-state index in [1.807, 2.05) is 11.8 Å². The zero-order valence-electron chi connectivity index (χ0n) is 9.19. The van der Waals surface area contributed by atoms with E-state index in [-0.39, 0.29) is 5.91 Å². The zero-order chi connectivity index (χ0) is 10.8. The number of rotatable bonds is 1. The zero-order valence-corrected chi connectivity index (χ0v) is 10.0. The van der Waals surface area contributed by atoms with Crippen molar-refractivity contribution >= 4 is 17.2 Å². The molecule has 2 heterocycles. The number of amides is 1. The van der Waals surface area contributed by atoms with E-state index >= 15 is 0 Å². The first-order valence-electron chi connectivity index (χ1n) is 5.38. The summed E-state index contributed by atoms with van der Waals surface area (Å²) in [6, 6.07) is 0. The Hall–Kier alpha value is -0.900. The van der Waals surface area contributed by atoms with Gasteiger partial charge in [-0.1, -0.05) is 6.92 Å². The molecule has 1 aromatic heterocycles. The molecule has 4 heteroatoms. The summed E-state index contributed by atoms with van der Waals surface area (Å²) in [6.07, 6.45) is 2.24. The fourth-order valence-corrected chi connectivity index (χ4v) is 2.44. The molecule has 2 rings (SSSR count). The second-order valence-electron chi connectivity index (χ2n) is 4.23. The molecule has 0 N–H and O–H groups in total. The molecule has 0 saturated carbocycles. The summed E-state index contributed by atoms with van der Waals surface area (Å²) in [7, 11) is 0. The maximum absolute atomic E-state index is 12.1. The van der Waals surface area contributed by atoms with E-state index in [1.54, 1.807) is 5.51 Å². The van der Waals surface area contributed by atoms with Crippen molar-refractivity contribution in [2.45, 2.75) is 26.7 Å². The number of carbonyl (C=O) groups is 1. The van der Waals surface area contributed by atoms with Crippen molar-refractivity contribution in [3.05, 3.63) is 16.1 Å². The van der Waals surface area contributed by atoms with Crippen LogP contribution < -0.4 is 0 Å².